The van der Waals surface area contributed by atoms with Gasteiger partial charge in [0.1, 0.15) is 5.75 Å². The Morgan fingerprint density at radius 2 is 1.57 bits per heavy atom. The molecule has 154 valence electrons. The summed E-state index contributed by atoms with van der Waals surface area (Å²) in [6, 6.07) is 24.0. The minimum atomic E-state index is -1.05. The Labute approximate surface area is 176 Å². The van der Waals surface area contributed by atoms with Crippen molar-refractivity contribution in [3.05, 3.63) is 95.6 Å². The molecule has 30 heavy (non-hydrogen) atoms. The highest BCUT2D eigenvalue weighted by Crippen LogP contribution is 2.23. The van der Waals surface area contributed by atoms with E-state index in [2.05, 4.69) is 5.32 Å². The van der Waals surface area contributed by atoms with Gasteiger partial charge in [-0.15, -0.1) is 0 Å². The van der Waals surface area contributed by atoms with Gasteiger partial charge in [-0.05, 0) is 43.2 Å². The molecule has 1 amide bonds. The molecule has 0 heterocycles. The largest absolute Gasteiger partial charge is 0.493 e. The molecular weight excluding hydrogens is 378 g/mol. The van der Waals surface area contributed by atoms with Crippen molar-refractivity contribution in [1.82, 2.24) is 0 Å². The summed E-state index contributed by atoms with van der Waals surface area (Å²) in [5, 5.41) is 2.89. The Hall–Kier alpha value is -3.60. The number of esters is 1. The number of carbonyl (C=O) groups excluding carboxylic acids is 2. The molecule has 0 spiro atoms. The highest BCUT2D eigenvalue weighted by Gasteiger charge is 2.25. The summed E-state index contributed by atoms with van der Waals surface area (Å²) in [4.78, 5) is 25.4. The van der Waals surface area contributed by atoms with Gasteiger partial charge in [0.05, 0.1) is 13.0 Å². The lowest BCUT2D eigenvalue weighted by molar-refractivity contribution is -0.155. The molecule has 0 fully saturated rings. The van der Waals surface area contributed by atoms with Gasteiger partial charge in [0, 0.05) is 11.3 Å². The number of hydrogen-bond acceptors (Lipinski definition) is 4. The molecule has 5 heteroatoms. The number of para-hydroxylation sites is 1. The van der Waals surface area contributed by atoms with E-state index in [-0.39, 0.29) is 13.0 Å². The maximum absolute atomic E-state index is 13.0. The lowest BCUT2D eigenvalue weighted by Gasteiger charge is -2.19. The van der Waals surface area contributed by atoms with E-state index in [0.29, 0.717) is 17.0 Å². The summed E-state index contributed by atoms with van der Waals surface area (Å²) in [6.45, 7) is 4.04. The van der Waals surface area contributed by atoms with Gasteiger partial charge >= 0.3 is 5.97 Å². The van der Waals surface area contributed by atoms with Gasteiger partial charge in [0.15, 0.2) is 0 Å². The Balaban J connectivity index is 1.67. The molecule has 0 radical (unpaired) electrons. The second-order valence-corrected chi connectivity index (χ2v) is 7.00. The second-order valence-electron chi connectivity index (χ2n) is 7.00. The van der Waals surface area contributed by atoms with E-state index >= 15 is 0 Å². The quantitative estimate of drug-likeness (QED) is 0.538. The molecule has 3 aromatic carbocycles. The normalized spacial score (nSPS) is 11.4. The third kappa shape index (κ3) is 5.95. The maximum Gasteiger partial charge on any atom is 0.310 e. The molecule has 5 nitrogen and oxygen atoms in total. The van der Waals surface area contributed by atoms with Crippen molar-refractivity contribution < 1.29 is 19.1 Å². The molecule has 0 aliphatic carbocycles. The van der Waals surface area contributed by atoms with Crippen molar-refractivity contribution in [2.24, 2.45) is 0 Å². The van der Waals surface area contributed by atoms with Crippen LogP contribution in [0.4, 0.5) is 5.69 Å². The predicted octanol–water partition coefficient (Wildman–Crippen LogP) is 5.00. The van der Waals surface area contributed by atoms with E-state index < -0.39 is 18.0 Å². The first kappa shape index (κ1) is 21.1. The van der Waals surface area contributed by atoms with Gasteiger partial charge in [-0.3, -0.25) is 9.59 Å². The van der Waals surface area contributed by atoms with E-state index in [1.807, 2.05) is 68.4 Å². The number of anilines is 1. The molecule has 0 saturated heterocycles. The molecule has 1 atom stereocenters. The molecule has 0 saturated carbocycles. The van der Waals surface area contributed by atoms with Gasteiger partial charge in [-0.2, -0.15) is 0 Å². The Morgan fingerprint density at radius 1 is 0.900 bits per heavy atom. The summed E-state index contributed by atoms with van der Waals surface area (Å²) in [5.41, 5.74) is 3.27. The number of ether oxygens (including phenoxy) is 2. The third-order valence-electron chi connectivity index (χ3n) is 4.56. The van der Waals surface area contributed by atoms with Crippen LogP contribution in [0.3, 0.4) is 0 Å². The maximum atomic E-state index is 13.0. The predicted molar refractivity (Wildman–Crippen MR) is 116 cm³/mol. The monoisotopic (exact) mass is 403 g/mol. The van der Waals surface area contributed by atoms with E-state index in [1.165, 1.54) is 0 Å². The third-order valence-corrected chi connectivity index (χ3v) is 4.56. The summed E-state index contributed by atoms with van der Waals surface area (Å²) >= 11 is 0. The van der Waals surface area contributed by atoms with E-state index in [9.17, 15) is 9.59 Å². The van der Waals surface area contributed by atoms with Crippen LogP contribution in [0.15, 0.2) is 78.9 Å². The summed E-state index contributed by atoms with van der Waals surface area (Å²) < 4.78 is 11.1. The minimum absolute atomic E-state index is 0.0367. The van der Waals surface area contributed by atoms with Gasteiger partial charge in [0.2, 0.25) is 6.10 Å². The lowest BCUT2D eigenvalue weighted by Crippen LogP contribution is -2.26. The van der Waals surface area contributed by atoms with Crippen molar-refractivity contribution in [2.45, 2.75) is 26.4 Å². The summed E-state index contributed by atoms with van der Waals surface area (Å²) in [6.07, 6.45) is -1.01. The van der Waals surface area contributed by atoms with Crippen LogP contribution in [-0.2, 0) is 14.3 Å². The summed E-state index contributed by atoms with van der Waals surface area (Å²) in [5.74, 6) is -0.222. The number of amides is 1. The average molecular weight is 403 g/mol. The number of aryl methyl sites for hydroxylation is 2. The zero-order chi connectivity index (χ0) is 21.3. The first-order valence-electron chi connectivity index (χ1n) is 9.83. The zero-order valence-electron chi connectivity index (χ0n) is 17.1. The highest BCUT2D eigenvalue weighted by molar-refractivity contribution is 5.96. The van der Waals surface area contributed by atoms with Gasteiger partial charge < -0.3 is 14.8 Å². The molecule has 0 aromatic heterocycles. The fourth-order valence-corrected chi connectivity index (χ4v) is 2.93. The number of hydrogen-bond donors (Lipinski definition) is 1. The number of carbonyl (C=O) groups is 2. The average Bonchev–Trinajstić information content (AvgIpc) is 2.76. The molecule has 3 rings (SSSR count). The molecule has 0 aliphatic heterocycles. The second kappa shape index (κ2) is 10.3. The van der Waals surface area contributed by atoms with E-state index in [4.69, 9.17) is 9.47 Å². The minimum Gasteiger partial charge on any atom is -0.493 e. The van der Waals surface area contributed by atoms with Crippen LogP contribution in [-0.4, -0.2) is 18.5 Å². The van der Waals surface area contributed by atoms with Crippen molar-refractivity contribution in [3.8, 4) is 5.75 Å². The van der Waals surface area contributed by atoms with Crippen molar-refractivity contribution >= 4 is 17.6 Å². The topological polar surface area (TPSA) is 64.6 Å². The SMILES string of the molecule is Cc1ccc(C)c(NC(=O)[C@@H](OC(=O)CCOc2ccccc2)c2ccccc2)c1. The van der Waals surface area contributed by atoms with Crippen LogP contribution in [0.5, 0.6) is 5.75 Å². The standard InChI is InChI=1S/C25H25NO4/c1-18-13-14-19(2)22(17-18)26-25(28)24(20-9-5-3-6-10-20)30-23(27)15-16-29-21-11-7-4-8-12-21/h3-14,17,24H,15-16H2,1-2H3,(H,26,28)/t24-/m0/s1. The van der Waals surface area contributed by atoms with Crippen molar-refractivity contribution in [2.75, 3.05) is 11.9 Å². The van der Waals surface area contributed by atoms with Gasteiger partial charge in [0.25, 0.3) is 5.91 Å². The molecule has 0 bridgehead atoms. The Morgan fingerprint density at radius 3 is 2.27 bits per heavy atom. The summed E-state index contributed by atoms with van der Waals surface area (Å²) in [7, 11) is 0. The fraction of sp³-hybridized carbons (Fsp3) is 0.200. The van der Waals surface area contributed by atoms with Crippen molar-refractivity contribution in [1.29, 1.82) is 0 Å². The first-order chi connectivity index (χ1) is 14.5. The zero-order valence-corrected chi connectivity index (χ0v) is 17.1. The molecule has 0 unspecified atom stereocenters. The molecule has 0 aliphatic rings. The van der Waals surface area contributed by atoms with E-state index in [1.54, 1.807) is 24.3 Å². The lowest BCUT2D eigenvalue weighted by atomic mass is 10.1. The van der Waals surface area contributed by atoms with E-state index in [0.717, 1.165) is 11.1 Å². The van der Waals surface area contributed by atoms with Gasteiger partial charge in [-0.25, -0.2) is 0 Å². The van der Waals surface area contributed by atoms with Crippen LogP contribution in [0.2, 0.25) is 0 Å². The van der Waals surface area contributed by atoms with Crippen molar-refractivity contribution in [3.63, 3.8) is 0 Å². The van der Waals surface area contributed by atoms with Crippen LogP contribution in [0, 0.1) is 13.8 Å². The molecule has 3 aromatic rings. The van der Waals surface area contributed by atoms with Crippen LogP contribution in [0.25, 0.3) is 0 Å². The number of benzene rings is 3. The van der Waals surface area contributed by atoms with Crippen LogP contribution < -0.4 is 10.1 Å². The van der Waals surface area contributed by atoms with Gasteiger partial charge in [-0.1, -0.05) is 60.7 Å². The number of nitrogens with one attached hydrogen (secondary N) is 1. The Kier molecular flexibility index (Phi) is 7.22. The van der Waals surface area contributed by atoms with Crippen LogP contribution >= 0.6 is 0 Å². The number of rotatable bonds is 8. The molecular formula is C25H25NO4. The Bertz CT molecular complexity index is 987. The highest BCUT2D eigenvalue weighted by atomic mass is 16.6. The molecule has 1 N–H and O–H groups in total. The fourth-order valence-electron chi connectivity index (χ4n) is 2.93. The first-order valence-corrected chi connectivity index (χ1v) is 9.83. The smallest absolute Gasteiger partial charge is 0.310 e. The van der Waals surface area contributed by atoms with Crippen LogP contribution in [0.1, 0.15) is 29.2 Å².